The molecule has 1 saturated heterocycles. The van der Waals surface area contributed by atoms with E-state index in [0.29, 0.717) is 11.7 Å². The van der Waals surface area contributed by atoms with Gasteiger partial charge in [0.25, 0.3) is 5.91 Å². The summed E-state index contributed by atoms with van der Waals surface area (Å²) >= 11 is 3.38. The molecule has 1 amide bonds. The molecule has 2 aliphatic rings. The Morgan fingerprint density at radius 1 is 1.35 bits per heavy atom. The third-order valence-electron chi connectivity index (χ3n) is 4.15. The van der Waals surface area contributed by atoms with Crippen molar-refractivity contribution in [1.82, 2.24) is 9.88 Å². The fourth-order valence-corrected chi connectivity index (χ4v) is 3.65. The third-order valence-corrected chi connectivity index (χ3v) is 4.61. The van der Waals surface area contributed by atoms with Crippen LogP contribution in [-0.4, -0.2) is 28.4 Å². The van der Waals surface area contributed by atoms with Crippen LogP contribution in [0, 0.1) is 5.92 Å². The Hall–Kier alpha value is -0.770. The van der Waals surface area contributed by atoms with Gasteiger partial charge in [-0.15, -0.1) is 0 Å². The van der Waals surface area contributed by atoms with Crippen molar-refractivity contribution in [3.05, 3.63) is 22.4 Å². The van der Waals surface area contributed by atoms with E-state index in [-0.39, 0.29) is 5.91 Å². The highest BCUT2D eigenvalue weighted by atomic mass is 79.9. The van der Waals surface area contributed by atoms with Crippen LogP contribution in [-0.2, 0) is 0 Å². The van der Waals surface area contributed by atoms with Gasteiger partial charge in [0, 0.05) is 23.3 Å². The molecule has 4 heteroatoms. The van der Waals surface area contributed by atoms with Crippen LogP contribution in [0.5, 0.6) is 0 Å². The van der Waals surface area contributed by atoms with Crippen molar-refractivity contribution in [1.29, 1.82) is 0 Å². The number of nitrogens with zero attached hydrogens (tertiary/aromatic N) is 1. The molecular weight excluding hydrogens is 280 g/mol. The average molecular weight is 297 g/mol. The maximum absolute atomic E-state index is 12.4. The zero-order chi connectivity index (χ0) is 11.8. The molecule has 0 aromatic carbocycles. The molecule has 1 aromatic rings. The van der Waals surface area contributed by atoms with Crippen molar-refractivity contribution >= 4 is 21.8 Å². The SMILES string of the molecule is O=C(c1cc(Br)c[nH]1)N1CCC2CCCCC21. The summed E-state index contributed by atoms with van der Waals surface area (Å²) in [6, 6.07) is 2.37. The summed E-state index contributed by atoms with van der Waals surface area (Å²) < 4.78 is 0.945. The maximum Gasteiger partial charge on any atom is 0.270 e. The summed E-state index contributed by atoms with van der Waals surface area (Å²) in [5.41, 5.74) is 0.711. The van der Waals surface area contributed by atoms with Crippen molar-refractivity contribution in [2.75, 3.05) is 6.54 Å². The van der Waals surface area contributed by atoms with Gasteiger partial charge in [-0.1, -0.05) is 12.8 Å². The third kappa shape index (κ3) is 2.03. The Kier molecular flexibility index (Phi) is 2.99. The lowest BCUT2D eigenvalue weighted by Crippen LogP contribution is -2.39. The molecule has 1 N–H and O–H groups in total. The first-order valence-corrected chi connectivity index (χ1v) is 7.20. The van der Waals surface area contributed by atoms with Gasteiger partial charge in [0.05, 0.1) is 0 Å². The Bertz CT molecular complexity index is 429. The van der Waals surface area contributed by atoms with E-state index in [0.717, 1.165) is 16.9 Å². The van der Waals surface area contributed by atoms with Gasteiger partial charge in [-0.2, -0.15) is 0 Å². The van der Waals surface area contributed by atoms with Crippen LogP contribution in [0.25, 0.3) is 0 Å². The van der Waals surface area contributed by atoms with Crippen LogP contribution < -0.4 is 0 Å². The fraction of sp³-hybridized carbons (Fsp3) is 0.615. The van der Waals surface area contributed by atoms with Gasteiger partial charge in [0.1, 0.15) is 5.69 Å². The van der Waals surface area contributed by atoms with Gasteiger partial charge in [0.2, 0.25) is 0 Å². The number of hydrogen-bond acceptors (Lipinski definition) is 1. The molecule has 17 heavy (non-hydrogen) atoms. The van der Waals surface area contributed by atoms with Crippen molar-refractivity contribution in [3.63, 3.8) is 0 Å². The molecule has 0 radical (unpaired) electrons. The van der Waals surface area contributed by atoms with E-state index in [1.165, 1.54) is 32.1 Å². The number of aromatic nitrogens is 1. The first kappa shape index (κ1) is 11.3. The number of amides is 1. The van der Waals surface area contributed by atoms with Crippen molar-refractivity contribution < 1.29 is 4.79 Å². The predicted octanol–water partition coefficient (Wildman–Crippen LogP) is 3.18. The van der Waals surface area contributed by atoms with Gasteiger partial charge >= 0.3 is 0 Å². The molecule has 1 saturated carbocycles. The molecule has 3 nitrogen and oxygen atoms in total. The van der Waals surface area contributed by atoms with E-state index in [4.69, 9.17) is 0 Å². The van der Waals surface area contributed by atoms with E-state index in [2.05, 4.69) is 25.8 Å². The number of carbonyl (C=O) groups excluding carboxylic acids is 1. The first-order valence-electron chi connectivity index (χ1n) is 6.40. The van der Waals surface area contributed by atoms with E-state index >= 15 is 0 Å². The normalized spacial score (nSPS) is 28.2. The highest BCUT2D eigenvalue weighted by Crippen LogP contribution is 2.36. The predicted molar refractivity (Wildman–Crippen MR) is 69.9 cm³/mol. The quantitative estimate of drug-likeness (QED) is 0.849. The van der Waals surface area contributed by atoms with Gasteiger partial charge in [0.15, 0.2) is 0 Å². The topological polar surface area (TPSA) is 36.1 Å². The van der Waals surface area contributed by atoms with Crippen LogP contribution in [0.4, 0.5) is 0 Å². The summed E-state index contributed by atoms with van der Waals surface area (Å²) in [6.45, 7) is 0.935. The molecule has 0 bridgehead atoms. The summed E-state index contributed by atoms with van der Waals surface area (Å²) in [5.74, 6) is 0.927. The summed E-state index contributed by atoms with van der Waals surface area (Å²) in [5, 5.41) is 0. The zero-order valence-corrected chi connectivity index (χ0v) is 11.4. The van der Waals surface area contributed by atoms with Crippen molar-refractivity contribution in [3.8, 4) is 0 Å². The van der Waals surface area contributed by atoms with Crippen LogP contribution in [0.1, 0.15) is 42.6 Å². The first-order chi connectivity index (χ1) is 8.25. The number of aromatic amines is 1. The molecule has 2 atom stereocenters. The summed E-state index contributed by atoms with van der Waals surface area (Å²) in [6.07, 6.45) is 8.14. The second kappa shape index (κ2) is 4.48. The zero-order valence-electron chi connectivity index (χ0n) is 9.79. The molecule has 1 aliphatic heterocycles. The average Bonchev–Trinajstić information content (AvgIpc) is 2.94. The van der Waals surface area contributed by atoms with E-state index in [9.17, 15) is 4.79 Å². The number of H-pyrrole nitrogens is 1. The molecule has 92 valence electrons. The molecule has 2 fully saturated rings. The molecule has 2 heterocycles. The largest absolute Gasteiger partial charge is 0.356 e. The second-order valence-corrected chi connectivity index (χ2v) is 6.05. The number of likely N-dealkylation sites (tertiary alicyclic amines) is 1. The van der Waals surface area contributed by atoms with Crippen molar-refractivity contribution in [2.45, 2.75) is 38.1 Å². The molecule has 0 spiro atoms. The minimum atomic E-state index is 0.171. The van der Waals surface area contributed by atoms with Crippen LogP contribution in [0.3, 0.4) is 0 Å². The van der Waals surface area contributed by atoms with E-state index in [1.807, 2.05) is 12.3 Å². The number of carbonyl (C=O) groups is 1. The monoisotopic (exact) mass is 296 g/mol. The number of nitrogens with one attached hydrogen (secondary N) is 1. The van der Waals surface area contributed by atoms with Gasteiger partial charge in [-0.25, -0.2) is 0 Å². The van der Waals surface area contributed by atoms with E-state index in [1.54, 1.807) is 0 Å². The highest BCUT2D eigenvalue weighted by Gasteiger charge is 2.38. The van der Waals surface area contributed by atoms with Crippen LogP contribution in [0.15, 0.2) is 16.7 Å². The lowest BCUT2D eigenvalue weighted by Gasteiger charge is -2.31. The standard InChI is InChI=1S/C13H17BrN2O/c14-10-7-11(15-8-10)13(17)16-6-5-9-3-1-2-4-12(9)16/h7-9,12,15H,1-6H2. The Morgan fingerprint density at radius 3 is 2.94 bits per heavy atom. The van der Waals surface area contributed by atoms with Gasteiger partial charge < -0.3 is 9.88 Å². The highest BCUT2D eigenvalue weighted by molar-refractivity contribution is 9.10. The fourth-order valence-electron chi connectivity index (χ4n) is 3.30. The second-order valence-electron chi connectivity index (χ2n) is 5.13. The van der Waals surface area contributed by atoms with Crippen LogP contribution >= 0.6 is 15.9 Å². The lowest BCUT2D eigenvalue weighted by molar-refractivity contribution is 0.0685. The number of halogens is 1. The molecule has 2 unspecified atom stereocenters. The van der Waals surface area contributed by atoms with Gasteiger partial charge in [-0.3, -0.25) is 4.79 Å². The maximum atomic E-state index is 12.4. The Labute approximate surface area is 110 Å². The van der Waals surface area contributed by atoms with Gasteiger partial charge in [-0.05, 0) is 47.2 Å². The molecule has 1 aromatic heterocycles. The van der Waals surface area contributed by atoms with Crippen LogP contribution in [0.2, 0.25) is 0 Å². The number of rotatable bonds is 1. The lowest BCUT2D eigenvalue weighted by atomic mass is 9.85. The molecular formula is C13H17BrN2O. The number of fused-ring (bicyclic) bond motifs is 1. The smallest absolute Gasteiger partial charge is 0.270 e. The minimum absolute atomic E-state index is 0.171. The van der Waals surface area contributed by atoms with E-state index < -0.39 is 0 Å². The minimum Gasteiger partial charge on any atom is -0.356 e. The Balaban J connectivity index is 1.78. The number of hydrogen-bond donors (Lipinski definition) is 1. The summed E-state index contributed by atoms with van der Waals surface area (Å²) in [4.78, 5) is 17.5. The molecule has 3 rings (SSSR count). The Morgan fingerprint density at radius 2 is 2.18 bits per heavy atom. The molecule has 1 aliphatic carbocycles. The van der Waals surface area contributed by atoms with Crippen molar-refractivity contribution in [2.24, 2.45) is 5.92 Å². The summed E-state index contributed by atoms with van der Waals surface area (Å²) in [7, 11) is 0.